The van der Waals surface area contributed by atoms with E-state index in [9.17, 15) is 4.79 Å². The van der Waals surface area contributed by atoms with Gasteiger partial charge in [-0.15, -0.1) is 0 Å². The second-order valence-electron chi connectivity index (χ2n) is 7.60. The largest absolute Gasteiger partial charge is 0.377 e. The first kappa shape index (κ1) is 25.2. The van der Waals surface area contributed by atoms with Gasteiger partial charge in [-0.25, -0.2) is 0 Å². The van der Waals surface area contributed by atoms with Crippen LogP contribution in [0.5, 0.6) is 0 Å². The molecule has 3 nitrogen and oxygen atoms in total. The molecule has 0 spiro atoms. The van der Waals surface area contributed by atoms with Gasteiger partial charge in [0.25, 0.3) is 0 Å². The van der Waals surface area contributed by atoms with Crippen LogP contribution in [0.3, 0.4) is 0 Å². The van der Waals surface area contributed by atoms with Crippen LogP contribution < -0.4 is 5.32 Å². The summed E-state index contributed by atoms with van der Waals surface area (Å²) in [5.41, 5.74) is 0. The molecule has 0 radical (unpaired) electrons. The van der Waals surface area contributed by atoms with Crippen LogP contribution in [0.15, 0.2) is 12.2 Å². The van der Waals surface area contributed by atoms with E-state index < -0.39 is 0 Å². The molecule has 154 valence electrons. The van der Waals surface area contributed by atoms with Crippen molar-refractivity contribution < 1.29 is 9.53 Å². The van der Waals surface area contributed by atoms with Crippen molar-refractivity contribution in [2.24, 2.45) is 0 Å². The first-order valence-electron chi connectivity index (χ1n) is 11.2. The Hall–Kier alpha value is -0.830. The molecule has 3 heteroatoms. The third-order valence-electron chi connectivity index (χ3n) is 4.54. The van der Waals surface area contributed by atoms with Crippen LogP contribution in [-0.4, -0.2) is 25.2 Å². The fraction of sp³-hybridized carbons (Fsp3) is 0.870. The summed E-state index contributed by atoms with van der Waals surface area (Å²) in [5, 5.41) is 2.91. The zero-order chi connectivity index (χ0) is 19.3. The number of nitrogens with one attached hydrogen (secondary N) is 1. The van der Waals surface area contributed by atoms with Crippen molar-refractivity contribution >= 4 is 5.91 Å². The van der Waals surface area contributed by atoms with E-state index in [2.05, 4.69) is 24.4 Å². The Kier molecular flexibility index (Phi) is 19.8. The summed E-state index contributed by atoms with van der Waals surface area (Å²) < 4.78 is 5.40. The van der Waals surface area contributed by atoms with Gasteiger partial charge in [-0.3, -0.25) is 4.79 Å². The Morgan fingerprint density at radius 2 is 1.38 bits per heavy atom. The lowest BCUT2D eigenvalue weighted by atomic mass is 10.1. The van der Waals surface area contributed by atoms with Crippen LogP contribution in [0.1, 0.15) is 111 Å². The maximum Gasteiger partial charge on any atom is 0.220 e. The summed E-state index contributed by atoms with van der Waals surface area (Å²) in [5.74, 6) is 0.162. The highest BCUT2D eigenvalue weighted by Crippen LogP contribution is 2.09. The topological polar surface area (TPSA) is 38.3 Å². The highest BCUT2D eigenvalue weighted by molar-refractivity contribution is 5.75. The molecule has 0 atom stereocenters. The summed E-state index contributed by atoms with van der Waals surface area (Å²) >= 11 is 0. The van der Waals surface area contributed by atoms with Crippen LogP contribution in [0.2, 0.25) is 0 Å². The van der Waals surface area contributed by atoms with Crippen molar-refractivity contribution in [3.05, 3.63) is 12.2 Å². The van der Waals surface area contributed by atoms with E-state index in [1.54, 1.807) is 0 Å². The Bertz CT molecular complexity index is 326. The summed E-state index contributed by atoms with van der Waals surface area (Å²) in [6.07, 6.45) is 22.4. The number of carbonyl (C=O) groups is 1. The van der Waals surface area contributed by atoms with Crippen molar-refractivity contribution in [2.75, 3.05) is 13.2 Å². The van der Waals surface area contributed by atoms with E-state index >= 15 is 0 Å². The zero-order valence-corrected chi connectivity index (χ0v) is 17.9. The van der Waals surface area contributed by atoms with Crippen LogP contribution in [0.25, 0.3) is 0 Å². The van der Waals surface area contributed by atoms with Crippen molar-refractivity contribution in [1.29, 1.82) is 0 Å². The van der Waals surface area contributed by atoms with Gasteiger partial charge in [0.05, 0.1) is 12.7 Å². The van der Waals surface area contributed by atoms with Crippen molar-refractivity contribution in [3.8, 4) is 0 Å². The lowest BCUT2D eigenvalue weighted by Crippen LogP contribution is -2.27. The molecule has 0 aliphatic rings. The number of allylic oxidation sites excluding steroid dienone is 2. The lowest BCUT2D eigenvalue weighted by molar-refractivity contribution is -0.121. The molecule has 0 fully saturated rings. The minimum absolute atomic E-state index is 0.162. The predicted octanol–water partition coefficient (Wildman–Crippen LogP) is 6.57. The van der Waals surface area contributed by atoms with Crippen LogP contribution >= 0.6 is 0 Å². The summed E-state index contributed by atoms with van der Waals surface area (Å²) in [4.78, 5) is 11.6. The van der Waals surface area contributed by atoms with E-state index in [4.69, 9.17) is 4.74 Å². The van der Waals surface area contributed by atoms with Gasteiger partial charge in [0.15, 0.2) is 0 Å². The second-order valence-corrected chi connectivity index (χ2v) is 7.60. The van der Waals surface area contributed by atoms with Crippen molar-refractivity contribution in [2.45, 2.75) is 117 Å². The van der Waals surface area contributed by atoms with E-state index in [0.29, 0.717) is 19.6 Å². The molecule has 0 aliphatic carbocycles. The maximum atomic E-state index is 11.6. The summed E-state index contributed by atoms with van der Waals surface area (Å²) in [7, 11) is 0. The molecule has 0 aliphatic heterocycles. The van der Waals surface area contributed by atoms with Gasteiger partial charge in [0.2, 0.25) is 5.91 Å². The Labute approximate surface area is 163 Å². The quantitative estimate of drug-likeness (QED) is 0.207. The molecule has 0 unspecified atom stereocenters. The highest BCUT2D eigenvalue weighted by atomic mass is 16.5. The molecule has 0 bridgehead atoms. The van der Waals surface area contributed by atoms with Gasteiger partial charge >= 0.3 is 0 Å². The van der Waals surface area contributed by atoms with Crippen molar-refractivity contribution in [1.82, 2.24) is 5.32 Å². The van der Waals surface area contributed by atoms with Crippen LogP contribution in [-0.2, 0) is 9.53 Å². The molecule has 0 aromatic rings. The maximum absolute atomic E-state index is 11.6. The molecule has 1 amide bonds. The predicted molar refractivity (Wildman–Crippen MR) is 114 cm³/mol. The highest BCUT2D eigenvalue weighted by Gasteiger charge is 2.01. The number of rotatable bonds is 19. The number of hydrogen-bond donors (Lipinski definition) is 1. The third-order valence-corrected chi connectivity index (χ3v) is 4.54. The number of hydrogen-bond acceptors (Lipinski definition) is 2. The first-order valence-corrected chi connectivity index (χ1v) is 11.2. The Balaban J connectivity index is 3.21. The zero-order valence-electron chi connectivity index (χ0n) is 17.9. The third kappa shape index (κ3) is 21.2. The standard InChI is InChI=1S/C23H45NO2/c1-4-5-6-7-8-9-10-11-12-13-14-15-16-17-18-19-23(25)24-20-21-26-22(2)3/h11-12,22H,4-10,13-21H2,1-3H3,(H,24,25)/b12-11-. The van der Waals surface area contributed by atoms with Crippen LogP contribution in [0, 0.1) is 0 Å². The van der Waals surface area contributed by atoms with Crippen LogP contribution in [0.4, 0.5) is 0 Å². The Morgan fingerprint density at radius 1 is 0.846 bits per heavy atom. The summed E-state index contributed by atoms with van der Waals surface area (Å²) in [6, 6.07) is 0. The minimum atomic E-state index is 0.162. The molecule has 0 aromatic carbocycles. The first-order chi connectivity index (χ1) is 12.7. The molecule has 0 saturated heterocycles. The minimum Gasteiger partial charge on any atom is -0.377 e. The fourth-order valence-corrected chi connectivity index (χ4v) is 2.93. The normalized spacial score (nSPS) is 11.5. The lowest BCUT2D eigenvalue weighted by Gasteiger charge is -2.08. The molecule has 0 saturated carbocycles. The molecule has 0 aromatic heterocycles. The molecular formula is C23H45NO2. The number of ether oxygens (including phenoxy) is 1. The monoisotopic (exact) mass is 367 g/mol. The van der Waals surface area contributed by atoms with Gasteiger partial charge < -0.3 is 10.1 Å². The molecule has 26 heavy (non-hydrogen) atoms. The van der Waals surface area contributed by atoms with E-state index in [1.165, 1.54) is 70.6 Å². The molecular weight excluding hydrogens is 322 g/mol. The van der Waals surface area contributed by atoms with Gasteiger partial charge in [-0.05, 0) is 46.0 Å². The molecule has 0 heterocycles. The smallest absolute Gasteiger partial charge is 0.220 e. The number of amides is 1. The SMILES string of the molecule is CCCCCCCC/C=C\CCCCCCCC(=O)NCCOC(C)C. The van der Waals surface area contributed by atoms with Gasteiger partial charge in [-0.1, -0.05) is 70.4 Å². The van der Waals surface area contributed by atoms with Gasteiger partial charge in [0.1, 0.15) is 0 Å². The number of carbonyl (C=O) groups excluding carboxylic acids is 1. The Morgan fingerprint density at radius 3 is 1.96 bits per heavy atom. The van der Waals surface area contributed by atoms with Gasteiger partial charge in [-0.2, -0.15) is 0 Å². The molecule has 0 rings (SSSR count). The van der Waals surface area contributed by atoms with Gasteiger partial charge in [0, 0.05) is 13.0 Å². The van der Waals surface area contributed by atoms with E-state index in [1.807, 2.05) is 13.8 Å². The average molecular weight is 368 g/mol. The summed E-state index contributed by atoms with van der Waals surface area (Å²) in [6.45, 7) is 7.52. The number of unbranched alkanes of at least 4 members (excludes halogenated alkanes) is 11. The average Bonchev–Trinajstić information content (AvgIpc) is 2.62. The van der Waals surface area contributed by atoms with Crippen molar-refractivity contribution in [3.63, 3.8) is 0 Å². The van der Waals surface area contributed by atoms with E-state index in [0.717, 1.165) is 12.8 Å². The second kappa shape index (κ2) is 20.5. The fourth-order valence-electron chi connectivity index (χ4n) is 2.93. The molecule has 1 N–H and O–H groups in total. The van der Waals surface area contributed by atoms with E-state index in [-0.39, 0.29) is 12.0 Å².